The number of hydrogen-bond donors (Lipinski definition) is 1. The van der Waals surface area contributed by atoms with Crippen molar-refractivity contribution in [2.75, 3.05) is 12.3 Å². The second-order valence-corrected chi connectivity index (χ2v) is 5.55. The quantitative estimate of drug-likeness (QED) is 0.877. The van der Waals surface area contributed by atoms with Gasteiger partial charge in [0, 0.05) is 16.8 Å². The molecule has 1 aliphatic heterocycles. The zero-order valence-electron chi connectivity index (χ0n) is 10.8. The van der Waals surface area contributed by atoms with Crippen LogP contribution in [0.3, 0.4) is 0 Å². The zero-order chi connectivity index (χ0) is 14.1. The molecule has 3 rings (SSSR count). The first-order valence-corrected chi connectivity index (χ1v) is 7.17. The van der Waals surface area contributed by atoms with Gasteiger partial charge in [-0.15, -0.1) is 0 Å². The largest absolute Gasteiger partial charge is 0.301 e. The number of benzene rings is 1. The summed E-state index contributed by atoms with van der Waals surface area (Å²) in [5.41, 5.74) is 1.75. The van der Waals surface area contributed by atoms with E-state index in [0.717, 1.165) is 11.4 Å². The molecule has 0 atom stereocenters. The van der Waals surface area contributed by atoms with Gasteiger partial charge >= 0.3 is 0 Å². The number of amides is 1. The second kappa shape index (κ2) is 5.20. The van der Waals surface area contributed by atoms with Crippen LogP contribution in [0.15, 0.2) is 29.3 Å². The number of carbonyl (C=O) groups is 1. The third-order valence-corrected chi connectivity index (χ3v) is 3.84. The van der Waals surface area contributed by atoms with E-state index in [9.17, 15) is 9.18 Å². The lowest BCUT2D eigenvalue weighted by atomic mass is 10.1. The molecule has 0 bridgehead atoms. The summed E-state index contributed by atoms with van der Waals surface area (Å²) in [6.07, 6.45) is 0. The first kappa shape index (κ1) is 13.1. The molecule has 6 heteroatoms. The molecule has 0 saturated carbocycles. The maximum atomic E-state index is 13.4. The summed E-state index contributed by atoms with van der Waals surface area (Å²) in [5.74, 6) is 0.212. The van der Waals surface area contributed by atoms with Crippen molar-refractivity contribution in [1.82, 2.24) is 10.3 Å². The van der Waals surface area contributed by atoms with E-state index < -0.39 is 0 Å². The fourth-order valence-corrected chi connectivity index (χ4v) is 2.82. The SMILES string of the molecule is Cc1cc(C(=O)NC2=NCCS2)c2cc(F)ccc2n1. The van der Waals surface area contributed by atoms with Crippen molar-refractivity contribution < 1.29 is 9.18 Å². The normalized spacial score (nSPS) is 14.4. The zero-order valence-corrected chi connectivity index (χ0v) is 11.6. The van der Waals surface area contributed by atoms with E-state index in [1.807, 2.05) is 0 Å². The van der Waals surface area contributed by atoms with Crippen molar-refractivity contribution in [3.63, 3.8) is 0 Å². The number of aryl methyl sites for hydroxylation is 1. The molecule has 1 amide bonds. The number of nitrogens with zero attached hydrogens (tertiary/aromatic N) is 2. The van der Waals surface area contributed by atoms with Crippen LogP contribution in [0, 0.1) is 12.7 Å². The summed E-state index contributed by atoms with van der Waals surface area (Å²) >= 11 is 1.51. The van der Waals surface area contributed by atoms with Gasteiger partial charge in [-0.05, 0) is 31.2 Å². The van der Waals surface area contributed by atoms with E-state index >= 15 is 0 Å². The summed E-state index contributed by atoms with van der Waals surface area (Å²) in [6, 6.07) is 5.92. The molecular formula is C14H12FN3OS. The first-order valence-electron chi connectivity index (χ1n) is 6.19. The molecule has 102 valence electrons. The Kier molecular flexibility index (Phi) is 3.40. The number of aliphatic imine (C=N–C) groups is 1. The van der Waals surface area contributed by atoms with Crippen LogP contribution in [0.4, 0.5) is 4.39 Å². The standard InChI is InChI=1S/C14H12FN3OS/c1-8-6-11(13(19)18-14-16-4-5-20-14)10-7-9(15)2-3-12(10)17-8/h2-3,6-7H,4-5H2,1H3,(H,16,18,19). The Hall–Kier alpha value is -1.95. The lowest BCUT2D eigenvalue weighted by molar-refractivity contribution is 0.0979. The average Bonchev–Trinajstić information content (AvgIpc) is 2.91. The number of hydrogen-bond acceptors (Lipinski definition) is 4. The molecular weight excluding hydrogens is 277 g/mol. The van der Waals surface area contributed by atoms with Crippen molar-refractivity contribution in [1.29, 1.82) is 0 Å². The molecule has 1 N–H and O–H groups in total. The summed E-state index contributed by atoms with van der Waals surface area (Å²) in [6.45, 7) is 2.52. The van der Waals surface area contributed by atoms with Crippen LogP contribution in [0.5, 0.6) is 0 Å². The minimum atomic E-state index is -0.384. The Morgan fingerprint density at radius 2 is 2.25 bits per heavy atom. The van der Waals surface area contributed by atoms with E-state index in [0.29, 0.717) is 28.2 Å². The number of halogens is 1. The Morgan fingerprint density at radius 1 is 1.40 bits per heavy atom. The Bertz CT molecular complexity index is 730. The molecule has 0 aliphatic carbocycles. The maximum Gasteiger partial charge on any atom is 0.257 e. The molecule has 1 aromatic carbocycles. The van der Waals surface area contributed by atoms with Gasteiger partial charge in [0.2, 0.25) is 0 Å². The van der Waals surface area contributed by atoms with Crippen LogP contribution in [-0.4, -0.2) is 28.4 Å². The molecule has 2 heterocycles. The summed E-state index contributed by atoms with van der Waals surface area (Å²) in [4.78, 5) is 20.8. The summed E-state index contributed by atoms with van der Waals surface area (Å²) in [7, 11) is 0. The van der Waals surface area contributed by atoms with Gasteiger partial charge in [0.05, 0.1) is 17.6 Å². The van der Waals surface area contributed by atoms with Crippen molar-refractivity contribution in [2.45, 2.75) is 6.92 Å². The fraction of sp³-hybridized carbons (Fsp3) is 0.214. The molecule has 2 aromatic rings. The van der Waals surface area contributed by atoms with Crippen LogP contribution >= 0.6 is 11.8 Å². The molecule has 0 fully saturated rings. The maximum absolute atomic E-state index is 13.4. The minimum Gasteiger partial charge on any atom is -0.301 e. The molecule has 0 unspecified atom stereocenters. The van der Waals surface area contributed by atoms with Crippen molar-refractivity contribution in [3.05, 3.63) is 41.3 Å². The predicted molar refractivity (Wildman–Crippen MR) is 78.7 cm³/mol. The van der Waals surface area contributed by atoms with Crippen LogP contribution in [0.2, 0.25) is 0 Å². The van der Waals surface area contributed by atoms with E-state index in [-0.39, 0.29) is 11.7 Å². The number of nitrogens with one attached hydrogen (secondary N) is 1. The molecule has 0 saturated heterocycles. The molecule has 1 aliphatic rings. The average molecular weight is 289 g/mol. The van der Waals surface area contributed by atoms with E-state index in [1.54, 1.807) is 19.1 Å². The second-order valence-electron chi connectivity index (χ2n) is 4.46. The number of rotatable bonds is 1. The first-order chi connectivity index (χ1) is 9.63. The highest BCUT2D eigenvalue weighted by Gasteiger charge is 2.16. The van der Waals surface area contributed by atoms with E-state index in [2.05, 4.69) is 15.3 Å². The number of pyridine rings is 1. The van der Waals surface area contributed by atoms with E-state index in [4.69, 9.17) is 0 Å². The smallest absolute Gasteiger partial charge is 0.257 e. The van der Waals surface area contributed by atoms with Gasteiger partial charge < -0.3 is 5.32 Å². The number of carbonyl (C=O) groups excluding carboxylic acids is 1. The van der Waals surface area contributed by atoms with Crippen LogP contribution < -0.4 is 5.32 Å². The van der Waals surface area contributed by atoms with Gasteiger partial charge in [-0.3, -0.25) is 14.8 Å². The van der Waals surface area contributed by atoms with Gasteiger partial charge in [-0.2, -0.15) is 0 Å². The van der Waals surface area contributed by atoms with Gasteiger partial charge in [0.1, 0.15) is 5.82 Å². The summed E-state index contributed by atoms with van der Waals surface area (Å²) in [5, 5.41) is 3.89. The van der Waals surface area contributed by atoms with E-state index in [1.165, 1.54) is 23.9 Å². The van der Waals surface area contributed by atoms with Crippen molar-refractivity contribution in [2.24, 2.45) is 4.99 Å². The number of amidine groups is 1. The highest BCUT2D eigenvalue weighted by atomic mass is 32.2. The third kappa shape index (κ3) is 2.51. The molecule has 1 aromatic heterocycles. The van der Waals surface area contributed by atoms with Gasteiger partial charge in [-0.1, -0.05) is 11.8 Å². The molecule has 0 spiro atoms. The molecule has 20 heavy (non-hydrogen) atoms. The highest BCUT2D eigenvalue weighted by Crippen LogP contribution is 2.20. The van der Waals surface area contributed by atoms with Crippen LogP contribution in [0.25, 0.3) is 10.9 Å². The molecule has 4 nitrogen and oxygen atoms in total. The third-order valence-electron chi connectivity index (χ3n) is 2.95. The number of thioether (sulfide) groups is 1. The van der Waals surface area contributed by atoms with Crippen LogP contribution in [0.1, 0.15) is 16.1 Å². The highest BCUT2D eigenvalue weighted by molar-refractivity contribution is 8.14. The topological polar surface area (TPSA) is 54.4 Å². The number of aromatic nitrogens is 1. The van der Waals surface area contributed by atoms with Crippen LogP contribution in [-0.2, 0) is 0 Å². The summed E-state index contributed by atoms with van der Waals surface area (Å²) < 4.78 is 13.4. The lowest BCUT2D eigenvalue weighted by Gasteiger charge is -2.08. The van der Waals surface area contributed by atoms with Crippen molar-refractivity contribution in [3.8, 4) is 0 Å². The van der Waals surface area contributed by atoms with Gasteiger partial charge in [-0.25, -0.2) is 4.39 Å². The monoisotopic (exact) mass is 289 g/mol. The Labute approximate surface area is 119 Å². The number of fused-ring (bicyclic) bond motifs is 1. The van der Waals surface area contributed by atoms with Gasteiger partial charge in [0.15, 0.2) is 5.17 Å². The fourth-order valence-electron chi connectivity index (χ4n) is 2.09. The van der Waals surface area contributed by atoms with Gasteiger partial charge in [0.25, 0.3) is 5.91 Å². The lowest BCUT2D eigenvalue weighted by Crippen LogP contribution is -2.27. The Balaban J connectivity index is 2.04. The minimum absolute atomic E-state index is 0.278. The predicted octanol–water partition coefficient (Wildman–Crippen LogP) is 2.51. The Morgan fingerprint density at radius 3 is 3.00 bits per heavy atom. The molecule has 0 radical (unpaired) electrons. The van der Waals surface area contributed by atoms with Crippen molar-refractivity contribution >= 4 is 33.7 Å².